The van der Waals surface area contributed by atoms with Gasteiger partial charge in [-0.2, -0.15) is 0 Å². The van der Waals surface area contributed by atoms with Crippen LogP contribution in [0.25, 0.3) is 10.9 Å². The molecule has 150 valence electrons. The van der Waals surface area contributed by atoms with Gasteiger partial charge in [0.2, 0.25) is 0 Å². The van der Waals surface area contributed by atoms with Crippen LogP contribution in [-0.2, 0) is 4.74 Å². The topological polar surface area (TPSA) is 63.8 Å². The van der Waals surface area contributed by atoms with Crippen molar-refractivity contribution in [1.82, 2.24) is 9.88 Å². The van der Waals surface area contributed by atoms with E-state index < -0.39 is 0 Å². The van der Waals surface area contributed by atoms with Crippen molar-refractivity contribution in [2.75, 3.05) is 27.2 Å². The number of nitrogens with one attached hydrogen (secondary N) is 1. The summed E-state index contributed by atoms with van der Waals surface area (Å²) in [5.74, 6) is 1.07. The lowest BCUT2D eigenvalue weighted by Crippen LogP contribution is -2.20. The summed E-state index contributed by atoms with van der Waals surface area (Å²) < 4.78 is 17.4. The van der Waals surface area contributed by atoms with Crippen molar-refractivity contribution in [2.45, 2.75) is 52.7 Å². The number of likely N-dealkylation sites (N-methyl/N-ethyl adjacent to an activating group) is 1. The molecule has 0 radical (unpaired) electrons. The molecule has 6 nitrogen and oxygen atoms in total. The fraction of sp³-hybridized carbons (Fsp3) is 0.571. The maximum atomic E-state index is 12.4. The lowest BCUT2D eigenvalue weighted by molar-refractivity contribution is 0.0476. The van der Waals surface area contributed by atoms with Crippen LogP contribution in [-0.4, -0.2) is 55.3 Å². The van der Waals surface area contributed by atoms with E-state index in [-0.39, 0.29) is 18.2 Å². The number of H-pyrrole nitrogens is 1. The van der Waals surface area contributed by atoms with Crippen LogP contribution < -0.4 is 9.47 Å². The zero-order valence-electron chi connectivity index (χ0n) is 17.3. The summed E-state index contributed by atoms with van der Waals surface area (Å²) >= 11 is 0. The number of ether oxygens (including phenoxy) is 3. The Morgan fingerprint density at radius 3 is 2.41 bits per heavy atom. The lowest BCUT2D eigenvalue weighted by Gasteiger charge is -2.18. The highest BCUT2D eigenvalue weighted by atomic mass is 16.5. The third kappa shape index (κ3) is 5.89. The van der Waals surface area contributed by atoms with E-state index in [4.69, 9.17) is 14.2 Å². The Bertz CT molecular complexity index is 748. The van der Waals surface area contributed by atoms with E-state index in [9.17, 15) is 4.79 Å². The predicted octanol–water partition coefficient (Wildman–Crippen LogP) is 4.24. The molecule has 0 unspecified atom stereocenters. The van der Waals surface area contributed by atoms with Gasteiger partial charge in [0.1, 0.15) is 23.8 Å². The van der Waals surface area contributed by atoms with Gasteiger partial charge in [-0.15, -0.1) is 0 Å². The molecule has 2 rings (SSSR count). The zero-order valence-corrected chi connectivity index (χ0v) is 17.3. The molecule has 0 aliphatic carbocycles. The van der Waals surface area contributed by atoms with Crippen LogP contribution in [0.4, 0.5) is 0 Å². The number of aromatic amines is 1. The van der Waals surface area contributed by atoms with E-state index >= 15 is 0 Å². The van der Waals surface area contributed by atoms with Crippen molar-refractivity contribution >= 4 is 16.9 Å². The molecular formula is C21H32N2O4. The molecule has 0 saturated carbocycles. The average Bonchev–Trinajstić information content (AvgIpc) is 3.02. The second kappa shape index (κ2) is 9.65. The summed E-state index contributed by atoms with van der Waals surface area (Å²) in [4.78, 5) is 17.5. The smallest absolute Gasteiger partial charge is 0.354 e. The largest absolute Gasteiger partial charge is 0.491 e. The molecule has 0 bridgehead atoms. The van der Waals surface area contributed by atoms with Gasteiger partial charge in [-0.3, -0.25) is 0 Å². The van der Waals surface area contributed by atoms with Gasteiger partial charge in [-0.25, -0.2) is 4.79 Å². The standard InChI is InChI=1S/C21H32N2O4/c1-7-15(8-2)27-20-12-16(26-14(3)4)11-18-17(20)13-19(22-18)21(24)25-10-9-23(5)6/h11-15,22H,7-10H2,1-6H3. The lowest BCUT2D eigenvalue weighted by atomic mass is 10.2. The normalized spacial score (nSPS) is 11.6. The Kier molecular flexibility index (Phi) is 7.54. The Morgan fingerprint density at radius 2 is 1.81 bits per heavy atom. The van der Waals surface area contributed by atoms with Crippen molar-refractivity contribution in [2.24, 2.45) is 0 Å². The van der Waals surface area contributed by atoms with Gasteiger partial charge < -0.3 is 24.1 Å². The molecule has 6 heteroatoms. The number of fused-ring (bicyclic) bond motifs is 1. The second-order valence-corrected chi connectivity index (χ2v) is 7.23. The van der Waals surface area contributed by atoms with Gasteiger partial charge in [-0.1, -0.05) is 13.8 Å². The highest BCUT2D eigenvalue weighted by Crippen LogP contribution is 2.33. The number of carbonyl (C=O) groups excluding carboxylic acids is 1. The minimum Gasteiger partial charge on any atom is -0.491 e. The highest BCUT2D eigenvalue weighted by molar-refractivity contribution is 5.97. The SMILES string of the molecule is CCC(CC)Oc1cc(OC(C)C)cc2[nH]c(C(=O)OCCN(C)C)cc12. The first-order valence-corrected chi connectivity index (χ1v) is 9.65. The van der Waals surface area contributed by atoms with Gasteiger partial charge >= 0.3 is 5.97 Å². The monoisotopic (exact) mass is 376 g/mol. The average molecular weight is 376 g/mol. The number of hydrogen-bond acceptors (Lipinski definition) is 5. The van der Waals surface area contributed by atoms with E-state index in [0.717, 1.165) is 29.5 Å². The molecule has 0 aliphatic heterocycles. The van der Waals surface area contributed by atoms with Crippen LogP contribution in [0.5, 0.6) is 11.5 Å². The van der Waals surface area contributed by atoms with Crippen LogP contribution in [0, 0.1) is 0 Å². The van der Waals surface area contributed by atoms with Crippen molar-refractivity contribution in [1.29, 1.82) is 0 Å². The Morgan fingerprint density at radius 1 is 1.11 bits per heavy atom. The third-order valence-electron chi connectivity index (χ3n) is 4.24. The van der Waals surface area contributed by atoms with Crippen molar-refractivity contribution in [3.05, 3.63) is 23.9 Å². The fourth-order valence-corrected chi connectivity index (χ4v) is 2.76. The summed E-state index contributed by atoms with van der Waals surface area (Å²) in [6.07, 6.45) is 2.00. The number of hydrogen-bond donors (Lipinski definition) is 1. The minimum absolute atomic E-state index is 0.0499. The first kappa shape index (κ1) is 21.1. The van der Waals surface area contributed by atoms with Crippen LogP contribution in [0.2, 0.25) is 0 Å². The molecular weight excluding hydrogens is 344 g/mol. The van der Waals surface area contributed by atoms with Crippen LogP contribution in [0.1, 0.15) is 51.0 Å². The van der Waals surface area contributed by atoms with Gasteiger partial charge in [0.25, 0.3) is 0 Å². The summed E-state index contributed by atoms with van der Waals surface area (Å²) in [7, 11) is 3.88. The summed E-state index contributed by atoms with van der Waals surface area (Å²) in [6, 6.07) is 5.59. The highest BCUT2D eigenvalue weighted by Gasteiger charge is 2.17. The van der Waals surface area contributed by atoms with Gasteiger partial charge in [-0.05, 0) is 46.9 Å². The van der Waals surface area contributed by atoms with E-state index in [1.165, 1.54) is 0 Å². The molecule has 0 amide bonds. The van der Waals surface area contributed by atoms with Crippen molar-refractivity contribution < 1.29 is 19.0 Å². The quantitative estimate of drug-likeness (QED) is 0.628. The molecule has 0 spiro atoms. The Hall–Kier alpha value is -2.21. The summed E-state index contributed by atoms with van der Waals surface area (Å²) in [5.41, 5.74) is 1.22. The van der Waals surface area contributed by atoms with E-state index in [1.807, 2.05) is 45.0 Å². The van der Waals surface area contributed by atoms with Gasteiger partial charge in [0.05, 0.1) is 17.7 Å². The Labute approximate surface area is 161 Å². The fourth-order valence-electron chi connectivity index (χ4n) is 2.76. The van der Waals surface area contributed by atoms with Gasteiger partial charge in [0, 0.05) is 24.1 Å². The Balaban J connectivity index is 2.33. The second-order valence-electron chi connectivity index (χ2n) is 7.23. The number of benzene rings is 1. The molecule has 27 heavy (non-hydrogen) atoms. The minimum atomic E-state index is -0.368. The maximum Gasteiger partial charge on any atom is 0.354 e. The molecule has 0 fully saturated rings. The molecule has 2 aromatic rings. The molecule has 1 aromatic heterocycles. The molecule has 0 atom stereocenters. The van der Waals surface area contributed by atoms with E-state index in [0.29, 0.717) is 24.6 Å². The summed E-state index contributed by atoms with van der Waals surface area (Å²) in [5, 5.41) is 0.859. The molecule has 0 aliphatic rings. The number of aromatic nitrogens is 1. The predicted molar refractivity (Wildman–Crippen MR) is 108 cm³/mol. The maximum absolute atomic E-state index is 12.4. The van der Waals surface area contributed by atoms with Crippen LogP contribution in [0.15, 0.2) is 18.2 Å². The van der Waals surface area contributed by atoms with Gasteiger partial charge in [0.15, 0.2) is 0 Å². The number of rotatable bonds is 10. The molecule has 1 aromatic carbocycles. The molecule has 0 saturated heterocycles. The van der Waals surface area contributed by atoms with Crippen LogP contribution in [0.3, 0.4) is 0 Å². The number of esters is 1. The molecule has 1 heterocycles. The first-order chi connectivity index (χ1) is 12.8. The first-order valence-electron chi connectivity index (χ1n) is 9.65. The number of nitrogens with zero attached hydrogens (tertiary/aromatic N) is 1. The summed E-state index contributed by atoms with van der Waals surface area (Å²) in [6.45, 7) is 9.19. The van der Waals surface area contributed by atoms with Crippen molar-refractivity contribution in [3.63, 3.8) is 0 Å². The molecule has 1 N–H and O–H groups in total. The third-order valence-corrected chi connectivity index (χ3v) is 4.24. The van der Waals surface area contributed by atoms with E-state index in [1.54, 1.807) is 6.07 Å². The zero-order chi connectivity index (χ0) is 20.0. The van der Waals surface area contributed by atoms with E-state index in [2.05, 4.69) is 18.8 Å². The van der Waals surface area contributed by atoms with Crippen molar-refractivity contribution in [3.8, 4) is 11.5 Å². The number of carbonyl (C=O) groups is 1. The van der Waals surface area contributed by atoms with Crippen LogP contribution >= 0.6 is 0 Å².